The molecule has 1 saturated heterocycles. The number of hydrogen-bond acceptors (Lipinski definition) is 7. The highest BCUT2D eigenvalue weighted by Crippen LogP contribution is 2.43. The van der Waals surface area contributed by atoms with Gasteiger partial charge < -0.3 is 24.3 Å². The van der Waals surface area contributed by atoms with E-state index in [1.807, 2.05) is 71.3 Å². The van der Waals surface area contributed by atoms with E-state index in [1.54, 1.807) is 17.3 Å². The van der Waals surface area contributed by atoms with E-state index in [-0.39, 0.29) is 5.82 Å². The van der Waals surface area contributed by atoms with Gasteiger partial charge in [-0.1, -0.05) is 81.4 Å². The molecule has 10 heteroatoms. The van der Waals surface area contributed by atoms with Gasteiger partial charge in [0, 0.05) is 20.3 Å². The maximum atomic E-state index is 13.0. The Balaban J connectivity index is 1.69. The van der Waals surface area contributed by atoms with Crippen LogP contribution in [0.5, 0.6) is 0 Å². The fourth-order valence-corrected chi connectivity index (χ4v) is 7.48. The maximum Gasteiger partial charge on any atom is 0.351 e. The van der Waals surface area contributed by atoms with Crippen molar-refractivity contribution in [2.24, 2.45) is 10.4 Å². The van der Waals surface area contributed by atoms with Crippen molar-refractivity contribution in [3.8, 4) is 0 Å². The molecule has 0 aliphatic carbocycles. The molecule has 0 bridgehead atoms. The van der Waals surface area contributed by atoms with E-state index in [9.17, 15) is 15.0 Å². The van der Waals surface area contributed by atoms with Gasteiger partial charge in [0.2, 0.25) is 9.04 Å². The molecule has 39 heavy (non-hydrogen) atoms. The molecule has 2 heterocycles. The minimum absolute atomic E-state index is 0.232. The second-order valence-electron chi connectivity index (χ2n) is 11.4. The van der Waals surface area contributed by atoms with Crippen LogP contribution in [0, 0.1) is 5.41 Å². The molecule has 9 nitrogen and oxygen atoms in total. The number of rotatable bonds is 8. The second-order valence-corrected chi connectivity index (χ2v) is 13.8. The summed E-state index contributed by atoms with van der Waals surface area (Å²) in [5, 5.41) is 25.1. The van der Waals surface area contributed by atoms with E-state index in [0.29, 0.717) is 0 Å². The van der Waals surface area contributed by atoms with Gasteiger partial charge in [-0.05, 0) is 28.8 Å². The fourth-order valence-electron chi connectivity index (χ4n) is 4.78. The normalized spacial score (nSPS) is 24.4. The van der Waals surface area contributed by atoms with E-state index >= 15 is 0 Å². The lowest BCUT2D eigenvalue weighted by atomic mass is 9.82. The minimum Gasteiger partial charge on any atom is -0.405 e. The Bertz CT molecular complexity index is 1290. The number of benzene rings is 2. The lowest BCUT2D eigenvalue weighted by Crippen LogP contribution is -2.56. The number of hydrogen-bond donors (Lipinski definition) is 2. The van der Waals surface area contributed by atoms with Crippen LogP contribution in [-0.2, 0) is 9.16 Å². The van der Waals surface area contributed by atoms with Crippen LogP contribution in [0.2, 0.25) is 0 Å². The molecule has 1 aliphatic rings. The van der Waals surface area contributed by atoms with Gasteiger partial charge in [0.05, 0.1) is 12.4 Å². The van der Waals surface area contributed by atoms with Crippen LogP contribution in [0.25, 0.3) is 0 Å². The molecule has 0 amide bonds. The number of aliphatic hydroxyl groups excluding tert-OH is 1. The molecular weight excluding hydrogens is 512 g/mol. The zero-order chi connectivity index (χ0) is 28.4. The summed E-state index contributed by atoms with van der Waals surface area (Å²) in [4.78, 5) is 22.9. The Morgan fingerprint density at radius 3 is 2.15 bits per heavy atom. The Morgan fingerprint density at radius 1 is 1.10 bits per heavy atom. The van der Waals surface area contributed by atoms with Crippen LogP contribution in [0.4, 0.5) is 5.82 Å². The quantitative estimate of drug-likeness (QED) is 0.248. The summed E-state index contributed by atoms with van der Waals surface area (Å²) in [7, 11) is 1.39. The molecule has 208 valence electrons. The van der Waals surface area contributed by atoms with E-state index in [4.69, 9.17) is 9.16 Å². The molecule has 1 aliphatic heterocycles. The lowest BCUT2D eigenvalue weighted by Gasteiger charge is -2.39. The molecular formula is C29H38N4O5Si. The monoisotopic (exact) mass is 550 g/mol. The zero-order valence-corrected chi connectivity index (χ0v) is 24.5. The first-order valence-corrected chi connectivity index (χ1v) is 14.6. The molecule has 5 atom stereocenters. The number of nitrogens with zero attached hydrogens (tertiary/aromatic N) is 4. The number of ether oxygens (including phenoxy) is 1. The Hall–Kier alpha value is -3.15. The van der Waals surface area contributed by atoms with Crippen LogP contribution in [-0.4, -0.2) is 78.1 Å². The maximum absolute atomic E-state index is 13.0. The summed E-state index contributed by atoms with van der Waals surface area (Å²) >= 11 is 0. The van der Waals surface area contributed by atoms with Gasteiger partial charge in [0.1, 0.15) is 17.8 Å². The summed E-state index contributed by atoms with van der Waals surface area (Å²) in [6.07, 6.45) is -0.999. The molecule has 1 fully saturated rings. The van der Waals surface area contributed by atoms with E-state index in [1.165, 1.54) is 17.7 Å². The smallest absolute Gasteiger partial charge is 0.351 e. The number of aliphatic imine (C=N–C) groups is 1. The van der Waals surface area contributed by atoms with Crippen LogP contribution in [0.3, 0.4) is 0 Å². The van der Waals surface area contributed by atoms with Crippen LogP contribution in [0.1, 0.15) is 33.9 Å². The summed E-state index contributed by atoms with van der Waals surface area (Å²) < 4.78 is 14.5. The number of aliphatic hydroxyl groups is 2. The van der Waals surface area contributed by atoms with Crippen molar-refractivity contribution in [3.63, 3.8) is 0 Å². The van der Waals surface area contributed by atoms with Gasteiger partial charge >= 0.3 is 5.69 Å². The van der Waals surface area contributed by atoms with Gasteiger partial charge in [0.25, 0.3) is 0 Å². The summed E-state index contributed by atoms with van der Waals surface area (Å²) in [6.45, 7) is 7.52. The molecule has 2 aromatic carbocycles. The average Bonchev–Trinajstić information content (AvgIpc) is 3.12. The average molecular weight is 551 g/mol. The van der Waals surface area contributed by atoms with Gasteiger partial charge in [-0.25, -0.2) is 9.79 Å². The van der Waals surface area contributed by atoms with Crippen LogP contribution < -0.4 is 16.1 Å². The zero-order valence-electron chi connectivity index (χ0n) is 23.3. The SMILES string of the molecule is CN(C)C=Nc1ccn(C2OC(C(O[SiH](c3ccccc3)c3ccccc3)C(C)(C)C)C(O)C2(C)O)c(=O)n1. The highest BCUT2D eigenvalue weighted by atomic mass is 28.3. The molecule has 0 radical (unpaired) electrons. The first-order valence-electron chi connectivity index (χ1n) is 13.0. The number of aromatic nitrogens is 2. The van der Waals surface area contributed by atoms with E-state index in [2.05, 4.69) is 34.2 Å². The van der Waals surface area contributed by atoms with Gasteiger partial charge in [-0.15, -0.1) is 0 Å². The van der Waals surface area contributed by atoms with Crippen molar-refractivity contribution in [2.75, 3.05) is 14.1 Å². The Labute approximate surface area is 231 Å². The third-order valence-corrected chi connectivity index (χ3v) is 9.37. The molecule has 5 unspecified atom stereocenters. The van der Waals surface area contributed by atoms with Crippen molar-refractivity contribution in [3.05, 3.63) is 83.4 Å². The van der Waals surface area contributed by atoms with Crippen molar-refractivity contribution < 1.29 is 19.4 Å². The highest BCUT2D eigenvalue weighted by Gasteiger charge is 2.57. The Morgan fingerprint density at radius 2 is 1.67 bits per heavy atom. The first kappa shape index (κ1) is 28.8. The predicted molar refractivity (Wildman–Crippen MR) is 155 cm³/mol. The highest BCUT2D eigenvalue weighted by molar-refractivity contribution is 6.80. The van der Waals surface area contributed by atoms with Gasteiger partial charge in [-0.3, -0.25) is 4.57 Å². The van der Waals surface area contributed by atoms with E-state index in [0.717, 1.165) is 10.4 Å². The largest absolute Gasteiger partial charge is 0.405 e. The molecule has 0 spiro atoms. The van der Waals surface area contributed by atoms with Crippen molar-refractivity contribution >= 4 is 31.6 Å². The topological polar surface area (TPSA) is 109 Å². The molecule has 3 aromatic rings. The molecule has 1 aromatic heterocycles. The Kier molecular flexibility index (Phi) is 8.53. The van der Waals surface area contributed by atoms with Crippen molar-refractivity contribution in [1.29, 1.82) is 0 Å². The summed E-state index contributed by atoms with van der Waals surface area (Å²) in [5.74, 6) is 0.232. The van der Waals surface area contributed by atoms with Gasteiger partial charge in [0.15, 0.2) is 12.0 Å². The standard InChI is InChI=1S/C29H38N4O5Si/c1-28(2,3)25(38-39(20-13-9-7-10-14-20)21-15-11-8-12-16-21)23-24(34)29(4,36)26(37-23)33-18-17-22(31-27(33)35)30-19-32(5)6/h7-19,23-26,34,36,39H,1-6H3. The fraction of sp³-hybridized carbons (Fsp3) is 0.414. The summed E-state index contributed by atoms with van der Waals surface area (Å²) in [6, 6.07) is 21.7. The predicted octanol–water partition coefficient (Wildman–Crippen LogP) is 1.44. The minimum atomic E-state index is -2.24. The van der Waals surface area contributed by atoms with Gasteiger partial charge in [-0.2, -0.15) is 4.98 Å². The third-order valence-electron chi connectivity index (χ3n) is 6.82. The third kappa shape index (κ3) is 6.37. The van der Waals surface area contributed by atoms with E-state index < -0.39 is 50.3 Å². The first-order chi connectivity index (χ1) is 18.4. The lowest BCUT2D eigenvalue weighted by molar-refractivity contribution is -0.114. The van der Waals surface area contributed by atoms with Crippen LogP contribution >= 0.6 is 0 Å². The molecule has 4 rings (SSSR count). The second kappa shape index (κ2) is 11.5. The molecule has 2 N–H and O–H groups in total. The molecule has 0 saturated carbocycles. The van der Waals surface area contributed by atoms with Crippen molar-refractivity contribution in [2.45, 2.75) is 57.8 Å². The van der Waals surface area contributed by atoms with Crippen LogP contribution in [0.15, 0.2) is 82.7 Å². The van der Waals surface area contributed by atoms with Crippen molar-refractivity contribution in [1.82, 2.24) is 14.5 Å². The summed E-state index contributed by atoms with van der Waals surface area (Å²) in [5.41, 5.74) is -2.90.